The van der Waals surface area contributed by atoms with E-state index in [4.69, 9.17) is 4.74 Å². The average molecular weight is 316 g/mol. The van der Waals surface area contributed by atoms with Gasteiger partial charge in [-0.3, -0.25) is 4.79 Å². The lowest BCUT2D eigenvalue weighted by Gasteiger charge is -2.07. The molecule has 0 aliphatic carbocycles. The fourth-order valence-electron chi connectivity index (χ4n) is 2.91. The topological polar surface area (TPSA) is 54.1 Å². The molecule has 2 N–H and O–H groups in total. The highest BCUT2D eigenvalue weighted by atomic mass is 16.5. The molecule has 2 aromatic carbocycles. The molecule has 2 heterocycles. The molecule has 0 saturated carbocycles. The van der Waals surface area contributed by atoms with Gasteiger partial charge < -0.3 is 15.0 Å². The predicted octanol–water partition coefficient (Wildman–Crippen LogP) is 4.18. The van der Waals surface area contributed by atoms with Crippen LogP contribution >= 0.6 is 0 Å². The second-order valence-corrected chi connectivity index (χ2v) is 5.63. The first-order valence-electron chi connectivity index (χ1n) is 7.70. The number of ether oxygens (including phenoxy) is 1. The van der Waals surface area contributed by atoms with Crippen LogP contribution in [0.5, 0.6) is 5.75 Å². The second-order valence-electron chi connectivity index (χ2n) is 5.63. The average Bonchev–Trinajstić information content (AvgIpc) is 3.23. The lowest BCUT2D eigenvalue weighted by molar-refractivity contribution is -0.110. The molecular formula is C20H16N2O2. The van der Waals surface area contributed by atoms with E-state index < -0.39 is 0 Å². The van der Waals surface area contributed by atoms with Gasteiger partial charge in [0.2, 0.25) is 0 Å². The molecule has 4 nitrogen and oxygen atoms in total. The molecule has 0 saturated heterocycles. The molecule has 4 heteroatoms. The van der Waals surface area contributed by atoms with Crippen molar-refractivity contribution in [2.75, 3.05) is 12.4 Å². The van der Waals surface area contributed by atoms with E-state index in [0.717, 1.165) is 33.8 Å². The molecular weight excluding hydrogens is 300 g/mol. The van der Waals surface area contributed by atoms with Crippen molar-refractivity contribution < 1.29 is 9.53 Å². The molecule has 0 spiro atoms. The first kappa shape index (κ1) is 14.3. The molecule has 1 amide bonds. The standard InChI is InChI=1S/C20H16N2O2/c1-24-16-6-2-4-13(10-16)14-7-8-17-18(12-15-5-3-9-21-15)20(23)22-19(17)11-14/h2-12,21H,1H3,(H,22,23)/b18-12-. The number of benzene rings is 2. The minimum absolute atomic E-state index is 0.0811. The Morgan fingerprint density at radius 1 is 1.00 bits per heavy atom. The van der Waals surface area contributed by atoms with Gasteiger partial charge in [-0.2, -0.15) is 0 Å². The maximum Gasteiger partial charge on any atom is 0.256 e. The molecule has 3 aromatic rings. The van der Waals surface area contributed by atoms with E-state index in [2.05, 4.69) is 10.3 Å². The maximum absolute atomic E-state index is 12.3. The number of aromatic amines is 1. The fraction of sp³-hybridized carbons (Fsp3) is 0.0500. The Kier molecular flexibility index (Phi) is 3.43. The van der Waals surface area contributed by atoms with Crippen molar-refractivity contribution in [3.05, 3.63) is 72.1 Å². The summed E-state index contributed by atoms with van der Waals surface area (Å²) >= 11 is 0. The van der Waals surface area contributed by atoms with Crippen LogP contribution in [0.2, 0.25) is 0 Å². The summed E-state index contributed by atoms with van der Waals surface area (Å²) in [6.45, 7) is 0. The minimum atomic E-state index is -0.0811. The third-order valence-corrected chi connectivity index (χ3v) is 4.13. The number of carbonyl (C=O) groups excluding carboxylic acids is 1. The number of H-pyrrole nitrogens is 1. The van der Waals surface area contributed by atoms with Crippen LogP contribution in [0.3, 0.4) is 0 Å². The van der Waals surface area contributed by atoms with Gasteiger partial charge >= 0.3 is 0 Å². The summed E-state index contributed by atoms with van der Waals surface area (Å²) in [5, 5.41) is 2.95. The largest absolute Gasteiger partial charge is 0.497 e. The molecule has 1 aliphatic heterocycles. The number of amides is 1. The Labute approximate surface area is 139 Å². The number of aromatic nitrogens is 1. The lowest BCUT2D eigenvalue weighted by Crippen LogP contribution is -2.03. The summed E-state index contributed by atoms with van der Waals surface area (Å²) in [5.74, 6) is 0.728. The Morgan fingerprint density at radius 2 is 1.88 bits per heavy atom. The number of hydrogen-bond acceptors (Lipinski definition) is 2. The summed E-state index contributed by atoms with van der Waals surface area (Å²) < 4.78 is 5.28. The van der Waals surface area contributed by atoms with E-state index in [1.54, 1.807) is 7.11 Å². The Bertz CT molecular complexity index is 940. The molecule has 4 rings (SSSR count). The molecule has 0 bridgehead atoms. The van der Waals surface area contributed by atoms with Crippen molar-refractivity contribution in [3.8, 4) is 16.9 Å². The van der Waals surface area contributed by atoms with Crippen molar-refractivity contribution in [2.24, 2.45) is 0 Å². The highest BCUT2D eigenvalue weighted by Gasteiger charge is 2.24. The summed E-state index contributed by atoms with van der Waals surface area (Å²) in [6, 6.07) is 17.7. The van der Waals surface area contributed by atoms with E-state index in [0.29, 0.717) is 5.57 Å². The zero-order valence-corrected chi connectivity index (χ0v) is 13.2. The van der Waals surface area contributed by atoms with E-state index in [-0.39, 0.29) is 5.91 Å². The van der Waals surface area contributed by atoms with Gasteiger partial charge in [0, 0.05) is 23.1 Å². The number of rotatable bonds is 3. The molecule has 118 valence electrons. The van der Waals surface area contributed by atoms with Gasteiger partial charge in [0.15, 0.2) is 0 Å². The zero-order chi connectivity index (χ0) is 16.5. The summed E-state index contributed by atoms with van der Waals surface area (Å²) in [5.41, 5.74) is 5.41. The maximum atomic E-state index is 12.3. The number of hydrogen-bond donors (Lipinski definition) is 2. The smallest absolute Gasteiger partial charge is 0.256 e. The monoisotopic (exact) mass is 316 g/mol. The number of fused-ring (bicyclic) bond motifs is 1. The first-order valence-corrected chi connectivity index (χ1v) is 7.70. The minimum Gasteiger partial charge on any atom is -0.497 e. The molecule has 0 atom stereocenters. The molecule has 0 fully saturated rings. The van der Waals surface area contributed by atoms with Gasteiger partial charge in [0.25, 0.3) is 5.91 Å². The van der Waals surface area contributed by atoms with Crippen LogP contribution in [-0.4, -0.2) is 18.0 Å². The van der Waals surface area contributed by atoms with Gasteiger partial charge in [-0.25, -0.2) is 0 Å². The van der Waals surface area contributed by atoms with Gasteiger partial charge in [0.1, 0.15) is 5.75 Å². The van der Waals surface area contributed by atoms with Crippen LogP contribution in [0.4, 0.5) is 5.69 Å². The highest BCUT2D eigenvalue weighted by molar-refractivity contribution is 6.35. The van der Waals surface area contributed by atoms with Gasteiger partial charge in [-0.1, -0.05) is 24.3 Å². The third-order valence-electron chi connectivity index (χ3n) is 4.13. The van der Waals surface area contributed by atoms with Crippen molar-refractivity contribution in [1.82, 2.24) is 4.98 Å². The number of carbonyl (C=O) groups is 1. The summed E-state index contributed by atoms with van der Waals surface area (Å²) in [7, 11) is 1.65. The van der Waals surface area contributed by atoms with Crippen LogP contribution < -0.4 is 10.1 Å². The fourth-order valence-corrected chi connectivity index (χ4v) is 2.91. The van der Waals surface area contributed by atoms with Gasteiger partial charge in [0.05, 0.1) is 12.7 Å². The van der Waals surface area contributed by atoms with Crippen LogP contribution in [-0.2, 0) is 4.79 Å². The quantitative estimate of drug-likeness (QED) is 0.712. The van der Waals surface area contributed by atoms with E-state index in [1.165, 1.54) is 0 Å². The van der Waals surface area contributed by atoms with E-state index in [1.807, 2.05) is 66.9 Å². The van der Waals surface area contributed by atoms with Crippen molar-refractivity contribution >= 4 is 23.2 Å². The third kappa shape index (κ3) is 2.48. The van der Waals surface area contributed by atoms with Crippen LogP contribution in [0.1, 0.15) is 11.3 Å². The Morgan fingerprint density at radius 3 is 2.67 bits per heavy atom. The van der Waals surface area contributed by atoms with Crippen molar-refractivity contribution in [1.29, 1.82) is 0 Å². The number of methoxy groups -OCH3 is 1. The van der Waals surface area contributed by atoms with Crippen LogP contribution in [0.25, 0.3) is 22.8 Å². The molecule has 24 heavy (non-hydrogen) atoms. The lowest BCUT2D eigenvalue weighted by atomic mass is 10.00. The highest BCUT2D eigenvalue weighted by Crippen LogP contribution is 2.36. The zero-order valence-electron chi connectivity index (χ0n) is 13.2. The molecule has 0 unspecified atom stereocenters. The summed E-state index contributed by atoms with van der Waals surface area (Å²) in [6.07, 6.45) is 3.71. The number of nitrogens with one attached hydrogen (secondary N) is 2. The van der Waals surface area contributed by atoms with Crippen molar-refractivity contribution in [3.63, 3.8) is 0 Å². The molecule has 1 aromatic heterocycles. The Hall–Kier alpha value is -3.27. The predicted molar refractivity (Wildman–Crippen MR) is 95.7 cm³/mol. The summed E-state index contributed by atoms with van der Waals surface area (Å²) in [4.78, 5) is 15.4. The van der Waals surface area contributed by atoms with Gasteiger partial charge in [-0.05, 0) is 47.5 Å². The molecule has 1 aliphatic rings. The second kappa shape index (κ2) is 5.74. The SMILES string of the molecule is COc1cccc(-c2ccc3c(c2)NC(=O)/C3=C\c2ccc[nH]2)c1. The first-order chi connectivity index (χ1) is 11.7. The van der Waals surface area contributed by atoms with Gasteiger partial charge in [-0.15, -0.1) is 0 Å². The van der Waals surface area contributed by atoms with Crippen LogP contribution in [0.15, 0.2) is 60.8 Å². The van der Waals surface area contributed by atoms with E-state index in [9.17, 15) is 4.79 Å². The number of anilines is 1. The van der Waals surface area contributed by atoms with Crippen LogP contribution in [0, 0.1) is 0 Å². The Balaban J connectivity index is 1.75. The normalized spacial score (nSPS) is 14.5. The molecule has 0 radical (unpaired) electrons. The van der Waals surface area contributed by atoms with E-state index >= 15 is 0 Å². The van der Waals surface area contributed by atoms with Crippen molar-refractivity contribution in [2.45, 2.75) is 0 Å².